The Kier molecular flexibility index (Phi) is 5.16. The lowest BCUT2D eigenvalue weighted by atomic mass is 10.1. The van der Waals surface area contributed by atoms with Crippen LogP contribution in [0.3, 0.4) is 0 Å². The molecule has 0 atom stereocenters. The number of nitrogens with one attached hydrogen (secondary N) is 1. The summed E-state index contributed by atoms with van der Waals surface area (Å²) in [7, 11) is 3.79. The summed E-state index contributed by atoms with van der Waals surface area (Å²) in [6.07, 6.45) is 9.74. The average molecular weight is 411 g/mol. The summed E-state index contributed by atoms with van der Waals surface area (Å²) in [5.74, 6) is 1.80. The van der Waals surface area contributed by atoms with Crippen LogP contribution in [0.4, 0.5) is 0 Å². The zero-order valence-electron chi connectivity index (χ0n) is 17.9. The number of aryl methyl sites for hydroxylation is 3. The summed E-state index contributed by atoms with van der Waals surface area (Å²) in [6, 6.07) is 16.9. The minimum atomic E-state index is 0.818. The van der Waals surface area contributed by atoms with Gasteiger partial charge in [0.05, 0.1) is 7.11 Å². The Balaban J connectivity index is 1.25. The van der Waals surface area contributed by atoms with Crippen molar-refractivity contribution in [2.75, 3.05) is 7.11 Å². The number of methoxy groups -OCH3 is 1. The number of rotatable bonds is 7. The fraction of sp³-hybridized carbons (Fsp3) is 0.231. The molecular weight excluding hydrogens is 384 g/mol. The first-order valence-electron chi connectivity index (χ1n) is 10.7. The van der Waals surface area contributed by atoms with Crippen LogP contribution in [0, 0.1) is 0 Å². The van der Waals surface area contributed by atoms with E-state index in [-0.39, 0.29) is 0 Å². The molecule has 0 amide bonds. The van der Waals surface area contributed by atoms with Crippen LogP contribution in [0.1, 0.15) is 29.1 Å². The van der Waals surface area contributed by atoms with Crippen molar-refractivity contribution in [3.8, 4) is 5.75 Å². The first kappa shape index (κ1) is 19.4. The Morgan fingerprint density at radius 1 is 1.03 bits per heavy atom. The van der Waals surface area contributed by atoms with Crippen molar-refractivity contribution in [1.29, 1.82) is 0 Å². The summed E-state index contributed by atoms with van der Waals surface area (Å²) < 4.78 is 7.53. The van der Waals surface area contributed by atoms with Crippen LogP contribution in [-0.2, 0) is 26.3 Å². The lowest BCUT2D eigenvalue weighted by Gasteiger charge is -2.06. The Labute approximate surface area is 181 Å². The van der Waals surface area contributed by atoms with Gasteiger partial charge in [0, 0.05) is 60.6 Å². The number of fused-ring (bicyclic) bond motifs is 2. The maximum Gasteiger partial charge on any atom is 0.128 e. The molecule has 0 saturated carbocycles. The molecule has 0 saturated heterocycles. The van der Waals surface area contributed by atoms with Crippen molar-refractivity contribution in [1.82, 2.24) is 19.5 Å². The molecule has 31 heavy (non-hydrogen) atoms. The van der Waals surface area contributed by atoms with E-state index in [4.69, 9.17) is 9.72 Å². The molecule has 0 fully saturated rings. The molecule has 2 aromatic carbocycles. The third-order valence-corrected chi connectivity index (χ3v) is 5.92. The Hall–Kier alpha value is -3.60. The third kappa shape index (κ3) is 4.04. The van der Waals surface area contributed by atoms with E-state index in [1.54, 1.807) is 7.11 Å². The molecule has 0 unspecified atom stereocenters. The van der Waals surface area contributed by atoms with Crippen LogP contribution in [0.5, 0.6) is 5.75 Å². The maximum atomic E-state index is 5.37. The average Bonchev–Trinajstić information content (AvgIpc) is 3.37. The fourth-order valence-corrected chi connectivity index (χ4v) is 4.22. The second-order valence-electron chi connectivity index (χ2n) is 8.04. The minimum Gasteiger partial charge on any atom is -0.497 e. The summed E-state index contributed by atoms with van der Waals surface area (Å²) in [4.78, 5) is 12.7. The van der Waals surface area contributed by atoms with E-state index in [0.29, 0.717) is 0 Å². The molecule has 3 heterocycles. The lowest BCUT2D eigenvalue weighted by molar-refractivity contribution is 0.415. The number of ether oxygens (including phenoxy) is 1. The van der Waals surface area contributed by atoms with Gasteiger partial charge in [-0.2, -0.15) is 0 Å². The highest BCUT2D eigenvalue weighted by molar-refractivity contribution is 5.84. The van der Waals surface area contributed by atoms with Crippen molar-refractivity contribution in [3.05, 3.63) is 89.8 Å². The first-order chi connectivity index (χ1) is 15.2. The molecule has 0 spiro atoms. The third-order valence-electron chi connectivity index (χ3n) is 5.92. The molecule has 0 aliphatic rings. The van der Waals surface area contributed by atoms with Gasteiger partial charge in [-0.1, -0.05) is 12.1 Å². The van der Waals surface area contributed by atoms with Gasteiger partial charge in [-0.15, -0.1) is 0 Å². The molecule has 0 radical (unpaired) electrons. The van der Waals surface area contributed by atoms with Gasteiger partial charge in [0.1, 0.15) is 11.6 Å². The summed E-state index contributed by atoms with van der Waals surface area (Å²) in [5, 5.41) is 2.50. The largest absolute Gasteiger partial charge is 0.497 e. The molecule has 0 bridgehead atoms. The Morgan fingerprint density at radius 3 is 2.87 bits per heavy atom. The van der Waals surface area contributed by atoms with Gasteiger partial charge in [0.25, 0.3) is 0 Å². The summed E-state index contributed by atoms with van der Waals surface area (Å²) in [6.45, 7) is 0. The second-order valence-corrected chi connectivity index (χ2v) is 8.04. The quantitative estimate of drug-likeness (QED) is 0.400. The van der Waals surface area contributed by atoms with Crippen LogP contribution in [0.25, 0.3) is 21.8 Å². The monoisotopic (exact) mass is 410 g/mol. The molecule has 5 rings (SSSR count). The van der Waals surface area contributed by atoms with Gasteiger partial charge >= 0.3 is 0 Å². The van der Waals surface area contributed by atoms with Gasteiger partial charge < -0.3 is 14.3 Å². The van der Waals surface area contributed by atoms with E-state index in [1.165, 1.54) is 27.4 Å². The molecule has 1 N–H and O–H groups in total. The Bertz CT molecular complexity index is 1350. The van der Waals surface area contributed by atoms with Gasteiger partial charge in [-0.05, 0) is 65.8 Å². The topological polar surface area (TPSA) is 55.7 Å². The van der Waals surface area contributed by atoms with Crippen LogP contribution in [0.2, 0.25) is 0 Å². The minimum absolute atomic E-state index is 0.818. The van der Waals surface area contributed by atoms with Crippen LogP contribution in [-0.4, -0.2) is 26.6 Å². The molecule has 156 valence electrons. The highest BCUT2D eigenvalue weighted by Gasteiger charge is 2.07. The molecule has 0 aliphatic carbocycles. The zero-order chi connectivity index (χ0) is 21.2. The van der Waals surface area contributed by atoms with Crippen molar-refractivity contribution < 1.29 is 4.74 Å². The van der Waals surface area contributed by atoms with E-state index < -0.39 is 0 Å². The van der Waals surface area contributed by atoms with Gasteiger partial charge in [-0.25, -0.2) is 9.97 Å². The van der Waals surface area contributed by atoms with Crippen molar-refractivity contribution >= 4 is 21.8 Å². The highest BCUT2D eigenvalue weighted by Crippen LogP contribution is 2.25. The van der Waals surface area contributed by atoms with Crippen LogP contribution < -0.4 is 4.74 Å². The standard InChI is InChI=1S/C26H26N4O/c1-30-13-11-19-7-6-18(15-25(19)30)14-21-10-12-27-26(29-21)5-3-4-20-17-28-24-9-8-22(31-2)16-23(20)24/h6-13,15-17,28H,3-5,14H2,1-2H3. The van der Waals surface area contributed by atoms with Gasteiger partial charge in [-0.3, -0.25) is 0 Å². The van der Waals surface area contributed by atoms with Crippen molar-refractivity contribution in [2.24, 2.45) is 7.05 Å². The number of benzene rings is 2. The summed E-state index contributed by atoms with van der Waals surface area (Å²) >= 11 is 0. The molecule has 5 heteroatoms. The van der Waals surface area contributed by atoms with E-state index in [9.17, 15) is 0 Å². The van der Waals surface area contributed by atoms with Crippen molar-refractivity contribution in [3.63, 3.8) is 0 Å². The Morgan fingerprint density at radius 2 is 1.97 bits per heavy atom. The predicted octanol–water partition coefficient (Wildman–Crippen LogP) is 5.22. The van der Waals surface area contributed by atoms with Crippen molar-refractivity contribution in [2.45, 2.75) is 25.7 Å². The van der Waals surface area contributed by atoms with E-state index in [2.05, 4.69) is 70.4 Å². The first-order valence-corrected chi connectivity index (χ1v) is 10.7. The fourth-order valence-electron chi connectivity index (χ4n) is 4.22. The second kappa shape index (κ2) is 8.26. The van der Waals surface area contributed by atoms with Crippen LogP contribution in [0.15, 0.2) is 67.1 Å². The smallest absolute Gasteiger partial charge is 0.128 e. The molecule has 0 aliphatic heterocycles. The number of H-pyrrole nitrogens is 1. The number of hydrogen-bond donors (Lipinski definition) is 1. The van der Waals surface area contributed by atoms with E-state index in [1.807, 2.05) is 18.3 Å². The number of aromatic amines is 1. The summed E-state index contributed by atoms with van der Waals surface area (Å²) in [5.41, 5.74) is 6.04. The lowest BCUT2D eigenvalue weighted by Crippen LogP contribution is -2.01. The normalized spacial score (nSPS) is 11.4. The zero-order valence-corrected chi connectivity index (χ0v) is 17.9. The number of aromatic nitrogens is 4. The SMILES string of the molecule is COc1ccc2[nH]cc(CCCc3nccc(Cc4ccc5ccn(C)c5c4)n3)c2c1. The highest BCUT2D eigenvalue weighted by atomic mass is 16.5. The maximum absolute atomic E-state index is 5.37. The van der Waals surface area contributed by atoms with E-state index >= 15 is 0 Å². The molecular formula is C26H26N4O. The van der Waals surface area contributed by atoms with Gasteiger partial charge in [0.2, 0.25) is 0 Å². The molecule has 3 aromatic heterocycles. The predicted molar refractivity (Wildman–Crippen MR) is 125 cm³/mol. The number of nitrogens with zero attached hydrogens (tertiary/aromatic N) is 3. The number of hydrogen-bond acceptors (Lipinski definition) is 3. The van der Waals surface area contributed by atoms with Gasteiger partial charge in [0.15, 0.2) is 0 Å². The van der Waals surface area contributed by atoms with Crippen LogP contribution >= 0.6 is 0 Å². The molecule has 5 nitrogen and oxygen atoms in total. The van der Waals surface area contributed by atoms with E-state index in [0.717, 1.165) is 48.5 Å². The molecule has 5 aromatic rings.